The van der Waals surface area contributed by atoms with Crippen molar-refractivity contribution in [3.05, 3.63) is 145 Å². The molecule has 0 aromatic heterocycles. The minimum Gasteiger partial charge on any atom is -0.0843 e. The number of hydrogen-bond acceptors (Lipinski definition) is 0. The maximum atomic E-state index is 6.22. The van der Waals surface area contributed by atoms with Crippen molar-refractivity contribution in [3.8, 4) is 22.3 Å². The van der Waals surface area contributed by atoms with Gasteiger partial charge in [-0.2, -0.15) is 0 Å². The van der Waals surface area contributed by atoms with Crippen molar-refractivity contribution in [1.82, 2.24) is 0 Å². The van der Waals surface area contributed by atoms with E-state index in [0.717, 1.165) is 5.02 Å². The summed E-state index contributed by atoms with van der Waals surface area (Å²) in [5.41, 5.74) is 5.13. The van der Waals surface area contributed by atoms with Gasteiger partial charge in [0.2, 0.25) is 0 Å². The second-order valence-electron chi connectivity index (χ2n) is 9.46. The van der Waals surface area contributed by atoms with Crippen molar-refractivity contribution in [2.24, 2.45) is 0 Å². The van der Waals surface area contributed by atoms with Gasteiger partial charge in [-0.3, -0.25) is 0 Å². The van der Waals surface area contributed by atoms with Crippen LogP contribution in [0.25, 0.3) is 33.0 Å². The van der Waals surface area contributed by atoms with E-state index in [1.165, 1.54) is 53.8 Å². The molecule has 0 amide bonds. The Morgan fingerprint density at radius 2 is 1.08 bits per heavy atom. The Kier molecular flexibility index (Phi) is 4.95. The molecule has 1 aliphatic heterocycles. The van der Waals surface area contributed by atoms with Crippen LogP contribution in [0.4, 0.5) is 0 Å². The van der Waals surface area contributed by atoms with Crippen molar-refractivity contribution in [2.45, 2.75) is 0 Å². The van der Waals surface area contributed by atoms with E-state index < -0.39 is 8.07 Å². The van der Waals surface area contributed by atoms with Crippen LogP contribution < -0.4 is 20.7 Å². The molecule has 170 valence electrons. The number of rotatable bonds is 3. The van der Waals surface area contributed by atoms with E-state index in [4.69, 9.17) is 11.6 Å². The molecular weight excluding hydrogens is 472 g/mol. The molecule has 0 nitrogen and oxygen atoms in total. The predicted molar refractivity (Wildman–Crippen MR) is 157 cm³/mol. The Labute approximate surface area is 217 Å². The summed E-state index contributed by atoms with van der Waals surface area (Å²) in [6.45, 7) is 0. The molecule has 0 spiro atoms. The summed E-state index contributed by atoms with van der Waals surface area (Å²) in [6.07, 6.45) is 0. The molecule has 0 saturated carbocycles. The van der Waals surface area contributed by atoms with Crippen molar-refractivity contribution in [3.63, 3.8) is 0 Å². The molecule has 1 unspecified atom stereocenters. The number of halogens is 1. The summed E-state index contributed by atoms with van der Waals surface area (Å²) in [5, 5.41) is 9.19. The monoisotopic (exact) mass is 494 g/mol. The van der Waals surface area contributed by atoms with Gasteiger partial charge in [0.1, 0.15) is 0 Å². The third-order valence-electron chi connectivity index (χ3n) is 7.62. The Morgan fingerprint density at radius 3 is 1.94 bits per heavy atom. The molecule has 2 heteroatoms. The highest BCUT2D eigenvalue weighted by Gasteiger charge is 2.49. The van der Waals surface area contributed by atoms with Crippen LogP contribution in [-0.4, -0.2) is 8.07 Å². The molecule has 0 bridgehead atoms. The first-order chi connectivity index (χ1) is 17.8. The first-order valence-corrected chi connectivity index (χ1v) is 14.7. The fourth-order valence-corrected chi connectivity index (χ4v) is 11.7. The summed E-state index contributed by atoms with van der Waals surface area (Å²) in [7, 11) is -2.59. The van der Waals surface area contributed by atoms with Gasteiger partial charge in [-0.1, -0.05) is 139 Å². The second kappa shape index (κ2) is 8.34. The molecule has 6 aromatic rings. The topological polar surface area (TPSA) is 0 Å². The van der Waals surface area contributed by atoms with Crippen LogP contribution >= 0.6 is 11.6 Å². The molecule has 0 saturated heterocycles. The molecular formula is C34H23ClSi. The standard InChI is InChI=1S/C34H23ClSi/c35-27-20-17-24(18-21-27)26-19-22-31-30-14-6-7-15-33(30)36(34(31)23-26,28-11-2-1-3-12-28)32-16-8-10-25-9-4-5-13-29(25)32/h1-23H. The van der Waals surface area contributed by atoms with Gasteiger partial charge in [0.05, 0.1) is 0 Å². The van der Waals surface area contributed by atoms with E-state index in [1.54, 1.807) is 0 Å². The van der Waals surface area contributed by atoms with Crippen LogP contribution in [0.3, 0.4) is 0 Å². The third-order valence-corrected chi connectivity index (χ3v) is 12.8. The van der Waals surface area contributed by atoms with Gasteiger partial charge in [0.25, 0.3) is 0 Å². The van der Waals surface area contributed by atoms with Gasteiger partial charge in [-0.15, -0.1) is 0 Å². The van der Waals surface area contributed by atoms with Crippen LogP contribution in [0.5, 0.6) is 0 Å². The number of hydrogen-bond donors (Lipinski definition) is 0. The van der Waals surface area contributed by atoms with E-state index in [0.29, 0.717) is 0 Å². The zero-order chi connectivity index (χ0) is 24.1. The minimum atomic E-state index is -2.59. The van der Waals surface area contributed by atoms with E-state index in [9.17, 15) is 0 Å². The summed E-state index contributed by atoms with van der Waals surface area (Å²) < 4.78 is 0. The summed E-state index contributed by atoms with van der Waals surface area (Å²) in [6, 6.07) is 51.2. The Balaban J connectivity index is 1.64. The van der Waals surface area contributed by atoms with E-state index in [2.05, 4.69) is 127 Å². The highest BCUT2D eigenvalue weighted by Crippen LogP contribution is 2.32. The van der Waals surface area contributed by atoms with Crippen molar-refractivity contribution < 1.29 is 0 Å². The second-order valence-corrected chi connectivity index (χ2v) is 13.6. The normalized spacial score (nSPS) is 16.0. The largest absolute Gasteiger partial charge is 0.181 e. The van der Waals surface area contributed by atoms with Gasteiger partial charge < -0.3 is 0 Å². The van der Waals surface area contributed by atoms with Gasteiger partial charge in [-0.05, 0) is 65.9 Å². The van der Waals surface area contributed by atoms with Gasteiger partial charge in [0.15, 0.2) is 8.07 Å². The number of fused-ring (bicyclic) bond motifs is 4. The fourth-order valence-electron chi connectivity index (χ4n) is 6.10. The molecule has 0 aliphatic carbocycles. The van der Waals surface area contributed by atoms with Crippen molar-refractivity contribution in [2.75, 3.05) is 0 Å². The Morgan fingerprint density at radius 1 is 0.444 bits per heavy atom. The highest BCUT2D eigenvalue weighted by atomic mass is 35.5. The Hall–Kier alpha value is -3.91. The van der Waals surface area contributed by atoms with Crippen LogP contribution in [0.2, 0.25) is 5.02 Å². The average molecular weight is 495 g/mol. The van der Waals surface area contributed by atoms with Crippen LogP contribution in [0.1, 0.15) is 0 Å². The average Bonchev–Trinajstić information content (AvgIpc) is 3.24. The highest BCUT2D eigenvalue weighted by molar-refractivity contribution is 7.23. The summed E-state index contributed by atoms with van der Waals surface area (Å²) in [5.74, 6) is 0. The van der Waals surface area contributed by atoms with Crippen molar-refractivity contribution >= 4 is 51.2 Å². The van der Waals surface area contributed by atoms with E-state index in [-0.39, 0.29) is 0 Å². The lowest BCUT2D eigenvalue weighted by Gasteiger charge is -2.32. The first-order valence-electron chi connectivity index (χ1n) is 12.3. The Bertz CT molecular complexity index is 1730. The lowest BCUT2D eigenvalue weighted by Crippen LogP contribution is -2.73. The number of benzene rings is 6. The molecule has 1 heterocycles. The van der Waals surface area contributed by atoms with Crippen LogP contribution in [-0.2, 0) is 0 Å². The lowest BCUT2D eigenvalue weighted by molar-refractivity contribution is 1.63. The molecule has 1 aliphatic rings. The quantitative estimate of drug-likeness (QED) is 0.245. The van der Waals surface area contributed by atoms with Crippen LogP contribution in [0, 0.1) is 0 Å². The fraction of sp³-hybridized carbons (Fsp3) is 0. The smallest absolute Gasteiger partial charge is 0.0843 e. The van der Waals surface area contributed by atoms with E-state index >= 15 is 0 Å². The zero-order valence-electron chi connectivity index (χ0n) is 19.7. The van der Waals surface area contributed by atoms with E-state index in [1.807, 2.05) is 12.1 Å². The maximum absolute atomic E-state index is 6.22. The SMILES string of the molecule is Clc1ccc(-c2ccc3c(c2)[Si](c2ccccc2)(c2cccc4ccccc24)c2ccccc2-3)cc1. The third kappa shape index (κ3) is 3.07. The van der Waals surface area contributed by atoms with Gasteiger partial charge >= 0.3 is 0 Å². The molecule has 7 rings (SSSR count). The maximum Gasteiger partial charge on any atom is 0.181 e. The predicted octanol–water partition coefficient (Wildman–Crippen LogP) is 6.52. The molecule has 36 heavy (non-hydrogen) atoms. The molecule has 1 atom stereocenters. The molecule has 0 fully saturated rings. The molecule has 0 N–H and O–H groups in total. The summed E-state index contributed by atoms with van der Waals surface area (Å²) >= 11 is 6.22. The molecule has 6 aromatic carbocycles. The zero-order valence-corrected chi connectivity index (χ0v) is 21.4. The summed E-state index contributed by atoms with van der Waals surface area (Å²) in [4.78, 5) is 0. The van der Waals surface area contributed by atoms with Gasteiger partial charge in [-0.25, -0.2) is 0 Å². The molecule has 0 radical (unpaired) electrons. The van der Waals surface area contributed by atoms with Gasteiger partial charge in [0, 0.05) is 5.02 Å². The van der Waals surface area contributed by atoms with Crippen LogP contribution in [0.15, 0.2) is 140 Å². The minimum absolute atomic E-state index is 0.760. The lowest BCUT2D eigenvalue weighted by atomic mass is 10.0. The first kappa shape index (κ1) is 21.4. The van der Waals surface area contributed by atoms with Crippen molar-refractivity contribution in [1.29, 1.82) is 0 Å².